The molecule has 0 atom stereocenters. The highest BCUT2D eigenvalue weighted by Gasteiger charge is 2.37. The second-order valence-corrected chi connectivity index (χ2v) is 5.89. The molecule has 106 valence electrons. The van der Waals surface area contributed by atoms with Gasteiger partial charge in [0, 0.05) is 18.8 Å². The summed E-state index contributed by atoms with van der Waals surface area (Å²) in [5.41, 5.74) is 7.13. The molecule has 1 aliphatic carbocycles. The molecule has 1 aliphatic rings. The van der Waals surface area contributed by atoms with Gasteiger partial charge in [-0.1, -0.05) is 12.1 Å². The molecule has 3 rings (SSSR count). The lowest BCUT2D eigenvalue weighted by atomic mass is 9.78. The van der Waals surface area contributed by atoms with E-state index in [-0.39, 0.29) is 0 Å². The zero-order chi connectivity index (χ0) is 14.0. The lowest BCUT2D eigenvalue weighted by Gasteiger charge is -2.32. The van der Waals surface area contributed by atoms with E-state index in [1.165, 1.54) is 0 Å². The van der Waals surface area contributed by atoms with Gasteiger partial charge in [0.05, 0.1) is 5.54 Å². The molecule has 5 nitrogen and oxygen atoms in total. The minimum atomic E-state index is -0.435. The quantitative estimate of drug-likeness (QED) is 0.928. The van der Waals surface area contributed by atoms with E-state index < -0.39 is 5.54 Å². The van der Waals surface area contributed by atoms with Gasteiger partial charge in [0.2, 0.25) is 5.89 Å². The first-order valence-electron chi connectivity index (χ1n) is 7.16. The summed E-state index contributed by atoms with van der Waals surface area (Å²) < 4.78 is 5.41. The average Bonchev–Trinajstić information content (AvgIpc) is 2.93. The number of nitrogens with zero attached hydrogens (tertiary/aromatic N) is 3. The first-order valence-corrected chi connectivity index (χ1v) is 7.16. The summed E-state index contributed by atoms with van der Waals surface area (Å²) in [7, 11) is 0. The largest absolute Gasteiger partial charge is 0.337 e. The van der Waals surface area contributed by atoms with Crippen LogP contribution < -0.4 is 5.73 Å². The number of hydrogen-bond acceptors (Lipinski definition) is 5. The van der Waals surface area contributed by atoms with E-state index >= 15 is 0 Å². The van der Waals surface area contributed by atoms with Gasteiger partial charge in [-0.05, 0) is 49.3 Å². The lowest BCUT2D eigenvalue weighted by molar-refractivity contribution is 0.190. The van der Waals surface area contributed by atoms with Crippen molar-refractivity contribution in [3.05, 3.63) is 41.8 Å². The monoisotopic (exact) mass is 272 g/mol. The van der Waals surface area contributed by atoms with Crippen molar-refractivity contribution in [2.24, 2.45) is 11.7 Å². The van der Waals surface area contributed by atoms with Crippen molar-refractivity contribution in [3.63, 3.8) is 0 Å². The average molecular weight is 272 g/mol. The molecule has 0 spiro atoms. The normalized spacial score (nSPS) is 26.6. The number of hydrogen-bond donors (Lipinski definition) is 1. The third-order valence-corrected chi connectivity index (χ3v) is 4.17. The van der Waals surface area contributed by atoms with Crippen LogP contribution in [0.1, 0.15) is 49.9 Å². The molecule has 20 heavy (non-hydrogen) atoms. The van der Waals surface area contributed by atoms with Gasteiger partial charge < -0.3 is 10.3 Å². The Morgan fingerprint density at radius 2 is 2.00 bits per heavy atom. The molecule has 0 amide bonds. The Kier molecular flexibility index (Phi) is 3.53. The maximum absolute atomic E-state index is 6.44. The van der Waals surface area contributed by atoms with E-state index in [4.69, 9.17) is 10.3 Å². The van der Waals surface area contributed by atoms with E-state index in [1.54, 1.807) is 12.4 Å². The van der Waals surface area contributed by atoms with Crippen LogP contribution in [-0.4, -0.2) is 15.1 Å². The van der Waals surface area contributed by atoms with Gasteiger partial charge in [0.1, 0.15) is 0 Å². The molecular weight excluding hydrogens is 252 g/mol. The Labute approximate surface area is 118 Å². The Morgan fingerprint density at radius 3 is 2.70 bits per heavy atom. The fourth-order valence-electron chi connectivity index (χ4n) is 2.70. The first kappa shape index (κ1) is 13.2. The minimum Gasteiger partial charge on any atom is -0.337 e. The van der Waals surface area contributed by atoms with Crippen LogP contribution in [0.2, 0.25) is 0 Å². The summed E-state index contributed by atoms with van der Waals surface area (Å²) in [4.78, 5) is 8.50. The minimum absolute atomic E-state index is 0.435. The second-order valence-electron chi connectivity index (χ2n) is 5.89. The first-order chi connectivity index (χ1) is 9.66. The van der Waals surface area contributed by atoms with Crippen LogP contribution in [-0.2, 0) is 12.0 Å². The van der Waals surface area contributed by atoms with Crippen molar-refractivity contribution in [2.75, 3.05) is 0 Å². The summed E-state index contributed by atoms with van der Waals surface area (Å²) >= 11 is 0. The molecule has 1 saturated carbocycles. The van der Waals surface area contributed by atoms with Gasteiger partial charge in [0.15, 0.2) is 5.82 Å². The summed E-state index contributed by atoms with van der Waals surface area (Å²) in [6.07, 6.45) is 8.28. The molecule has 0 unspecified atom stereocenters. The highest BCUT2D eigenvalue weighted by atomic mass is 16.5. The SMILES string of the molecule is CC1CCC(N)(c2nc(Cc3ccncc3)no2)CC1. The molecule has 0 aromatic carbocycles. The molecule has 2 aromatic heterocycles. The van der Waals surface area contributed by atoms with E-state index in [2.05, 4.69) is 22.0 Å². The van der Waals surface area contributed by atoms with Crippen molar-refractivity contribution in [1.82, 2.24) is 15.1 Å². The van der Waals surface area contributed by atoms with Crippen LogP contribution in [0.15, 0.2) is 29.0 Å². The van der Waals surface area contributed by atoms with Gasteiger partial charge in [-0.3, -0.25) is 4.98 Å². The van der Waals surface area contributed by atoms with Crippen LogP contribution in [0.3, 0.4) is 0 Å². The van der Waals surface area contributed by atoms with Gasteiger partial charge in [-0.15, -0.1) is 0 Å². The second kappa shape index (κ2) is 5.32. The zero-order valence-corrected chi connectivity index (χ0v) is 11.7. The van der Waals surface area contributed by atoms with Gasteiger partial charge in [-0.25, -0.2) is 0 Å². The van der Waals surface area contributed by atoms with Gasteiger partial charge >= 0.3 is 0 Å². The van der Waals surface area contributed by atoms with Gasteiger partial charge in [-0.2, -0.15) is 4.98 Å². The van der Waals surface area contributed by atoms with Crippen molar-refractivity contribution in [3.8, 4) is 0 Å². The fraction of sp³-hybridized carbons (Fsp3) is 0.533. The summed E-state index contributed by atoms with van der Waals surface area (Å²) in [5.74, 6) is 2.02. The smallest absolute Gasteiger partial charge is 0.246 e. The molecule has 1 fully saturated rings. The van der Waals surface area contributed by atoms with Crippen LogP contribution in [0.5, 0.6) is 0 Å². The molecule has 2 N–H and O–H groups in total. The summed E-state index contributed by atoms with van der Waals surface area (Å²) in [6, 6.07) is 3.91. The molecule has 0 saturated heterocycles. The predicted molar refractivity (Wildman–Crippen MR) is 74.8 cm³/mol. The Hall–Kier alpha value is -1.75. The number of nitrogens with two attached hydrogens (primary N) is 1. The molecule has 5 heteroatoms. The highest BCUT2D eigenvalue weighted by molar-refractivity contribution is 5.15. The van der Waals surface area contributed by atoms with E-state index in [0.29, 0.717) is 18.1 Å². The summed E-state index contributed by atoms with van der Waals surface area (Å²) in [6.45, 7) is 2.27. The van der Waals surface area contributed by atoms with Crippen molar-refractivity contribution < 1.29 is 4.52 Å². The molecule has 2 aromatic rings. The Morgan fingerprint density at radius 1 is 1.30 bits per heavy atom. The maximum atomic E-state index is 6.44. The number of rotatable bonds is 3. The standard InChI is InChI=1S/C15H20N4O/c1-11-2-6-15(16,7-3-11)14-18-13(19-20-14)10-12-4-8-17-9-5-12/h4-5,8-9,11H,2-3,6-7,10,16H2,1H3. The van der Waals surface area contributed by atoms with Crippen molar-refractivity contribution in [2.45, 2.75) is 44.6 Å². The molecule has 0 radical (unpaired) electrons. The van der Waals surface area contributed by atoms with E-state index in [9.17, 15) is 0 Å². The molecule has 2 heterocycles. The van der Waals surface area contributed by atoms with Gasteiger partial charge in [0.25, 0.3) is 0 Å². The number of pyridine rings is 1. The summed E-state index contributed by atoms with van der Waals surface area (Å²) in [5, 5.41) is 4.06. The topological polar surface area (TPSA) is 77.8 Å². The molecule has 0 aliphatic heterocycles. The van der Waals surface area contributed by atoms with Crippen molar-refractivity contribution in [1.29, 1.82) is 0 Å². The van der Waals surface area contributed by atoms with Crippen LogP contribution >= 0.6 is 0 Å². The zero-order valence-electron chi connectivity index (χ0n) is 11.7. The van der Waals surface area contributed by atoms with Crippen LogP contribution in [0, 0.1) is 5.92 Å². The van der Waals surface area contributed by atoms with E-state index in [1.807, 2.05) is 12.1 Å². The maximum Gasteiger partial charge on any atom is 0.246 e. The van der Waals surface area contributed by atoms with E-state index in [0.717, 1.165) is 37.2 Å². The molecular formula is C15H20N4O. The highest BCUT2D eigenvalue weighted by Crippen LogP contribution is 2.36. The Balaban J connectivity index is 1.73. The lowest BCUT2D eigenvalue weighted by Crippen LogP contribution is -2.40. The third-order valence-electron chi connectivity index (χ3n) is 4.17. The third kappa shape index (κ3) is 2.72. The van der Waals surface area contributed by atoms with Crippen molar-refractivity contribution >= 4 is 0 Å². The fourth-order valence-corrected chi connectivity index (χ4v) is 2.70. The Bertz CT molecular complexity index is 558. The number of aromatic nitrogens is 3. The predicted octanol–water partition coefficient (Wildman–Crippen LogP) is 2.42. The van der Waals surface area contributed by atoms with Crippen LogP contribution in [0.25, 0.3) is 0 Å². The molecule has 0 bridgehead atoms. The van der Waals surface area contributed by atoms with Crippen LogP contribution in [0.4, 0.5) is 0 Å².